The van der Waals surface area contributed by atoms with Crippen molar-refractivity contribution in [3.63, 3.8) is 0 Å². The van der Waals surface area contributed by atoms with E-state index in [0.717, 1.165) is 5.69 Å². The standard InChI is InChI=1S/C20H20N2O3S/c1-14(18(23)21-15-8-3-2-4-9-15)26-13-7-12-22-19(24)16-10-5-6-11-17(16)20(22)25/h2-6,8-11,14H,7,12-13H2,1H3,(H,21,23). The Morgan fingerprint density at radius 1 is 1.00 bits per heavy atom. The van der Waals surface area contributed by atoms with E-state index in [0.29, 0.717) is 29.8 Å². The lowest BCUT2D eigenvalue weighted by atomic mass is 10.1. The predicted octanol–water partition coefficient (Wildman–Crippen LogP) is 3.43. The highest BCUT2D eigenvalue weighted by Gasteiger charge is 2.34. The highest BCUT2D eigenvalue weighted by atomic mass is 32.2. The molecule has 3 amide bonds. The van der Waals surface area contributed by atoms with Gasteiger partial charge in [0, 0.05) is 12.2 Å². The highest BCUT2D eigenvalue weighted by Crippen LogP contribution is 2.23. The Balaban J connectivity index is 1.44. The van der Waals surface area contributed by atoms with Crippen LogP contribution in [0.5, 0.6) is 0 Å². The number of imide groups is 1. The molecule has 0 bridgehead atoms. The van der Waals surface area contributed by atoms with Gasteiger partial charge in [-0.2, -0.15) is 0 Å². The summed E-state index contributed by atoms with van der Waals surface area (Å²) in [5.74, 6) is 0.175. The second-order valence-electron chi connectivity index (χ2n) is 6.03. The third-order valence-electron chi connectivity index (χ3n) is 4.18. The van der Waals surface area contributed by atoms with Gasteiger partial charge in [-0.05, 0) is 43.4 Å². The van der Waals surface area contributed by atoms with Crippen LogP contribution < -0.4 is 5.32 Å². The summed E-state index contributed by atoms with van der Waals surface area (Å²) in [6, 6.07) is 16.2. The average Bonchev–Trinajstić information content (AvgIpc) is 2.90. The third kappa shape index (κ3) is 3.96. The maximum atomic E-state index is 12.3. The number of thioether (sulfide) groups is 1. The van der Waals surface area contributed by atoms with E-state index in [-0.39, 0.29) is 23.0 Å². The molecule has 1 atom stereocenters. The second kappa shape index (κ2) is 8.19. The van der Waals surface area contributed by atoms with Gasteiger partial charge in [0.2, 0.25) is 5.91 Å². The van der Waals surface area contributed by atoms with Crippen LogP contribution in [0.2, 0.25) is 0 Å². The summed E-state index contributed by atoms with van der Waals surface area (Å²) in [7, 11) is 0. The van der Waals surface area contributed by atoms with E-state index in [1.54, 1.807) is 24.3 Å². The quantitative estimate of drug-likeness (QED) is 0.601. The minimum absolute atomic E-state index is 0.0538. The third-order valence-corrected chi connectivity index (χ3v) is 5.42. The van der Waals surface area contributed by atoms with E-state index >= 15 is 0 Å². The lowest BCUT2D eigenvalue weighted by Gasteiger charge is -2.15. The van der Waals surface area contributed by atoms with Crippen LogP contribution in [0.15, 0.2) is 54.6 Å². The van der Waals surface area contributed by atoms with Gasteiger partial charge in [-0.3, -0.25) is 19.3 Å². The predicted molar refractivity (Wildman–Crippen MR) is 103 cm³/mol. The maximum Gasteiger partial charge on any atom is 0.261 e. The molecule has 26 heavy (non-hydrogen) atoms. The molecular formula is C20H20N2O3S. The molecular weight excluding hydrogens is 348 g/mol. The minimum atomic E-state index is -0.231. The molecule has 0 radical (unpaired) electrons. The number of anilines is 1. The van der Waals surface area contributed by atoms with Crippen molar-refractivity contribution in [3.05, 3.63) is 65.7 Å². The van der Waals surface area contributed by atoms with E-state index in [1.807, 2.05) is 37.3 Å². The van der Waals surface area contributed by atoms with Crippen LogP contribution in [0.4, 0.5) is 5.69 Å². The summed E-state index contributed by atoms with van der Waals surface area (Å²) in [5.41, 5.74) is 1.72. The molecule has 5 nitrogen and oxygen atoms in total. The summed E-state index contributed by atoms with van der Waals surface area (Å²) >= 11 is 1.51. The fourth-order valence-corrected chi connectivity index (χ4v) is 3.63. The van der Waals surface area contributed by atoms with Gasteiger partial charge < -0.3 is 5.32 Å². The molecule has 0 saturated carbocycles. The Morgan fingerprint density at radius 3 is 2.19 bits per heavy atom. The molecule has 2 aromatic rings. The van der Waals surface area contributed by atoms with Crippen LogP contribution in [-0.4, -0.2) is 40.2 Å². The molecule has 0 spiro atoms. The lowest BCUT2D eigenvalue weighted by Crippen LogP contribution is -2.31. The number of hydrogen-bond donors (Lipinski definition) is 1. The minimum Gasteiger partial charge on any atom is -0.325 e. The molecule has 1 heterocycles. The van der Waals surface area contributed by atoms with Gasteiger partial charge in [-0.1, -0.05) is 30.3 Å². The van der Waals surface area contributed by atoms with Crippen molar-refractivity contribution in [1.82, 2.24) is 4.90 Å². The van der Waals surface area contributed by atoms with Gasteiger partial charge in [0.25, 0.3) is 11.8 Å². The zero-order valence-electron chi connectivity index (χ0n) is 14.5. The van der Waals surface area contributed by atoms with Gasteiger partial charge in [0.1, 0.15) is 0 Å². The van der Waals surface area contributed by atoms with E-state index in [4.69, 9.17) is 0 Å². The summed E-state index contributed by atoms with van der Waals surface area (Å²) in [4.78, 5) is 38.0. The van der Waals surface area contributed by atoms with Crippen molar-refractivity contribution in [2.24, 2.45) is 0 Å². The molecule has 134 valence electrons. The molecule has 0 aliphatic carbocycles. The Bertz CT molecular complexity index is 788. The number of nitrogens with one attached hydrogen (secondary N) is 1. The number of hydrogen-bond acceptors (Lipinski definition) is 4. The summed E-state index contributed by atoms with van der Waals surface area (Å²) in [5, 5.41) is 2.66. The van der Waals surface area contributed by atoms with Crippen LogP contribution in [0.3, 0.4) is 0 Å². The Labute approximate surface area is 156 Å². The molecule has 3 rings (SSSR count). The van der Waals surface area contributed by atoms with Crippen molar-refractivity contribution < 1.29 is 14.4 Å². The number of carbonyl (C=O) groups excluding carboxylic acids is 3. The van der Waals surface area contributed by atoms with Crippen LogP contribution in [0, 0.1) is 0 Å². The first kappa shape index (κ1) is 18.2. The molecule has 1 aliphatic heterocycles. The van der Waals surface area contributed by atoms with Gasteiger partial charge in [0.05, 0.1) is 16.4 Å². The first-order chi connectivity index (χ1) is 12.6. The fraction of sp³-hybridized carbons (Fsp3) is 0.250. The summed E-state index contributed by atoms with van der Waals surface area (Å²) in [6.07, 6.45) is 0.652. The molecule has 0 aromatic heterocycles. The number of rotatable bonds is 7. The molecule has 1 aliphatic rings. The Morgan fingerprint density at radius 2 is 1.58 bits per heavy atom. The second-order valence-corrected chi connectivity index (χ2v) is 7.48. The zero-order chi connectivity index (χ0) is 18.5. The number of nitrogens with zero attached hydrogens (tertiary/aromatic N) is 1. The molecule has 1 N–H and O–H groups in total. The van der Waals surface area contributed by atoms with Crippen LogP contribution >= 0.6 is 11.8 Å². The normalized spacial score (nSPS) is 14.3. The van der Waals surface area contributed by atoms with Gasteiger partial charge in [-0.15, -0.1) is 11.8 Å². The topological polar surface area (TPSA) is 66.5 Å². The molecule has 0 saturated heterocycles. The molecule has 2 aromatic carbocycles. The van der Waals surface area contributed by atoms with Crippen molar-refractivity contribution in [2.75, 3.05) is 17.6 Å². The van der Waals surface area contributed by atoms with Gasteiger partial charge in [0.15, 0.2) is 0 Å². The first-order valence-corrected chi connectivity index (χ1v) is 9.55. The van der Waals surface area contributed by atoms with E-state index in [9.17, 15) is 14.4 Å². The molecule has 1 unspecified atom stereocenters. The van der Waals surface area contributed by atoms with Crippen molar-refractivity contribution >= 4 is 35.2 Å². The maximum absolute atomic E-state index is 12.3. The number of amides is 3. The first-order valence-electron chi connectivity index (χ1n) is 8.50. The van der Waals surface area contributed by atoms with Crippen LogP contribution in [0.25, 0.3) is 0 Å². The van der Waals surface area contributed by atoms with E-state index in [2.05, 4.69) is 5.32 Å². The number of fused-ring (bicyclic) bond motifs is 1. The highest BCUT2D eigenvalue weighted by molar-refractivity contribution is 8.00. The van der Waals surface area contributed by atoms with E-state index in [1.165, 1.54) is 16.7 Å². The van der Waals surface area contributed by atoms with E-state index < -0.39 is 0 Å². The monoisotopic (exact) mass is 368 g/mol. The van der Waals surface area contributed by atoms with Gasteiger partial charge in [-0.25, -0.2) is 0 Å². The largest absolute Gasteiger partial charge is 0.325 e. The van der Waals surface area contributed by atoms with Crippen LogP contribution in [0.1, 0.15) is 34.1 Å². The number of carbonyl (C=O) groups is 3. The van der Waals surface area contributed by atoms with Crippen molar-refractivity contribution in [2.45, 2.75) is 18.6 Å². The SMILES string of the molecule is CC(SCCCN1C(=O)c2ccccc2C1=O)C(=O)Nc1ccccc1. The Kier molecular flexibility index (Phi) is 5.73. The fourth-order valence-electron chi connectivity index (χ4n) is 2.77. The number of para-hydroxylation sites is 1. The van der Waals surface area contributed by atoms with Crippen molar-refractivity contribution in [3.8, 4) is 0 Å². The van der Waals surface area contributed by atoms with Gasteiger partial charge >= 0.3 is 0 Å². The average molecular weight is 368 g/mol. The summed E-state index contributed by atoms with van der Waals surface area (Å²) in [6.45, 7) is 2.22. The molecule has 0 fully saturated rings. The molecule has 6 heteroatoms. The Hall–Kier alpha value is -2.60. The number of benzene rings is 2. The van der Waals surface area contributed by atoms with Crippen molar-refractivity contribution in [1.29, 1.82) is 0 Å². The zero-order valence-corrected chi connectivity index (χ0v) is 15.3. The van der Waals surface area contributed by atoms with Crippen LogP contribution in [-0.2, 0) is 4.79 Å². The lowest BCUT2D eigenvalue weighted by molar-refractivity contribution is -0.115. The smallest absolute Gasteiger partial charge is 0.261 e. The summed E-state index contributed by atoms with van der Waals surface area (Å²) < 4.78 is 0.